The van der Waals surface area contributed by atoms with Crippen LogP contribution in [0.1, 0.15) is 19.8 Å². The van der Waals surface area contributed by atoms with Crippen molar-refractivity contribution in [3.8, 4) is 0 Å². The van der Waals surface area contributed by atoms with Gasteiger partial charge in [-0.15, -0.1) is 0 Å². The van der Waals surface area contributed by atoms with Crippen LogP contribution in [0, 0.1) is 5.92 Å². The van der Waals surface area contributed by atoms with Gasteiger partial charge in [0.1, 0.15) is 0 Å². The Balaban J connectivity index is 1.95. The standard InChI is InChI=1S/C9H19NO2/c1-7-3-8(4-7)10-5-9(11)6-12-2/h7-11H,3-6H2,1-2H3. The Labute approximate surface area is 74.1 Å². The van der Waals surface area contributed by atoms with Gasteiger partial charge in [0.25, 0.3) is 0 Å². The predicted molar refractivity (Wildman–Crippen MR) is 48.1 cm³/mol. The molecule has 72 valence electrons. The van der Waals surface area contributed by atoms with Crippen molar-refractivity contribution >= 4 is 0 Å². The zero-order chi connectivity index (χ0) is 8.97. The lowest BCUT2D eigenvalue weighted by molar-refractivity contribution is 0.0584. The minimum absolute atomic E-state index is 0.356. The van der Waals surface area contributed by atoms with Gasteiger partial charge in [-0.2, -0.15) is 0 Å². The van der Waals surface area contributed by atoms with E-state index in [1.165, 1.54) is 12.8 Å². The van der Waals surface area contributed by atoms with Gasteiger partial charge in [-0.05, 0) is 18.8 Å². The molecule has 0 aliphatic heterocycles. The zero-order valence-electron chi connectivity index (χ0n) is 7.92. The third-order valence-electron chi connectivity index (χ3n) is 2.37. The van der Waals surface area contributed by atoms with E-state index in [1.807, 2.05) is 0 Å². The van der Waals surface area contributed by atoms with E-state index in [0.717, 1.165) is 5.92 Å². The van der Waals surface area contributed by atoms with Crippen molar-refractivity contribution in [3.63, 3.8) is 0 Å². The number of hydrogen-bond acceptors (Lipinski definition) is 3. The quantitative estimate of drug-likeness (QED) is 0.631. The summed E-state index contributed by atoms with van der Waals surface area (Å²) in [6, 6.07) is 0.631. The highest BCUT2D eigenvalue weighted by molar-refractivity contribution is 4.82. The van der Waals surface area contributed by atoms with Crippen LogP contribution in [-0.2, 0) is 4.74 Å². The van der Waals surface area contributed by atoms with Crippen molar-refractivity contribution in [3.05, 3.63) is 0 Å². The predicted octanol–water partition coefficient (Wildman–Crippen LogP) is 0.382. The maximum Gasteiger partial charge on any atom is 0.0897 e. The summed E-state index contributed by atoms with van der Waals surface area (Å²) in [5.74, 6) is 0.863. The largest absolute Gasteiger partial charge is 0.389 e. The lowest BCUT2D eigenvalue weighted by atomic mass is 9.82. The summed E-state index contributed by atoms with van der Waals surface area (Å²) < 4.78 is 4.82. The number of aliphatic hydroxyl groups excluding tert-OH is 1. The molecule has 2 N–H and O–H groups in total. The Bertz CT molecular complexity index is 119. The molecule has 0 bridgehead atoms. The highest BCUT2D eigenvalue weighted by atomic mass is 16.5. The Morgan fingerprint density at radius 3 is 2.75 bits per heavy atom. The summed E-state index contributed by atoms with van der Waals surface area (Å²) >= 11 is 0. The maximum absolute atomic E-state index is 9.30. The third-order valence-corrected chi connectivity index (χ3v) is 2.37. The van der Waals surface area contributed by atoms with Crippen LogP contribution < -0.4 is 5.32 Å². The molecule has 1 rings (SSSR count). The number of ether oxygens (including phenoxy) is 1. The molecular formula is C9H19NO2. The fourth-order valence-electron chi connectivity index (χ4n) is 1.62. The molecule has 0 amide bonds. The van der Waals surface area contributed by atoms with E-state index in [0.29, 0.717) is 19.2 Å². The average molecular weight is 173 g/mol. The first-order valence-electron chi connectivity index (χ1n) is 4.62. The van der Waals surface area contributed by atoms with Gasteiger partial charge >= 0.3 is 0 Å². The molecule has 0 heterocycles. The van der Waals surface area contributed by atoms with Crippen LogP contribution in [0.4, 0.5) is 0 Å². The molecule has 1 unspecified atom stereocenters. The summed E-state index contributed by atoms with van der Waals surface area (Å²) in [6.07, 6.45) is 2.14. The fourth-order valence-corrected chi connectivity index (χ4v) is 1.62. The van der Waals surface area contributed by atoms with E-state index >= 15 is 0 Å². The molecule has 1 atom stereocenters. The van der Waals surface area contributed by atoms with E-state index < -0.39 is 0 Å². The normalized spacial score (nSPS) is 31.2. The molecule has 0 aromatic heterocycles. The SMILES string of the molecule is COCC(O)CNC1CC(C)C1. The summed E-state index contributed by atoms with van der Waals surface area (Å²) in [6.45, 7) is 3.34. The average Bonchev–Trinajstić information content (AvgIpc) is 1.96. The summed E-state index contributed by atoms with van der Waals surface area (Å²) in [4.78, 5) is 0. The molecule has 0 aromatic rings. The van der Waals surface area contributed by atoms with Crippen LogP contribution in [0.2, 0.25) is 0 Å². The molecule has 1 fully saturated rings. The number of hydrogen-bond donors (Lipinski definition) is 2. The van der Waals surface area contributed by atoms with E-state index in [-0.39, 0.29) is 6.10 Å². The molecule has 1 aliphatic rings. The molecule has 3 heteroatoms. The molecule has 3 nitrogen and oxygen atoms in total. The van der Waals surface area contributed by atoms with E-state index in [2.05, 4.69) is 12.2 Å². The highest BCUT2D eigenvalue weighted by Gasteiger charge is 2.24. The Morgan fingerprint density at radius 2 is 2.25 bits per heavy atom. The molecule has 0 saturated heterocycles. The van der Waals surface area contributed by atoms with Crippen molar-refractivity contribution in [2.75, 3.05) is 20.3 Å². The maximum atomic E-state index is 9.30. The number of methoxy groups -OCH3 is 1. The third kappa shape index (κ3) is 3.09. The second-order valence-corrected chi connectivity index (χ2v) is 3.79. The van der Waals surface area contributed by atoms with Gasteiger partial charge in [0, 0.05) is 19.7 Å². The Kier molecular flexibility index (Phi) is 3.98. The first kappa shape index (κ1) is 9.96. The van der Waals surface area contributed by atoms with Gasteiger partial charge in [-0.3, -0.25) is 0 Å². The lowest BCUT2D eigenvalue weighted by Gasteiger charge is -2.34. The van der Waals surface area contributed by atoms with Crippen molar-refractivity contribution in [1.29, 1.82) is 0 Å². The second kappa shape index (κ2) is 4.80. The summed E-state index contributed by atoms with van der Waals surface area (Å²) in [7, 11) is 1.61. The molecule has 12 heavy (non-hydrogen) atoms. The van der Waals surface area contributed by atoms with E-state index in [1.54, 1.807) is 7.11 Å². The number of aliphatic hydroxyl groups is 1. The van der Waals surface area contributed by atoms with Crippen molar-refractivity contribution < 1.29 is 9.84 Å². The first-order chi connectivity index (χ1) is 5.72. The molecule has 0 spiro atoms. The van der Waals surface area contributed by atoms with Crippen LogP contribution in [-0.4, -0.2) is 37.5 Å². The van der Waals surface area contributed by atoms with Gasteiger partial charge < -0.3 is 15.2 Å². The highest BCUT2D eigenvalue weighted by Crippen LogP contribution is 2.25. The van der Waals surface area contributed by atoms with E-state index in [4.69, 9.17) is 4.74 Å². The van der Waals surface area contributed by atoms with Crippen LogP contribution in [0.15, 0.2) is 0 Å². The minimum atomic E-state index is -0.356. The van der Waals surface area contributed by atoms with Crippen LogP contribution in [0.25, 0.3) is 0 Å². The molecule has 1 aliphatic carbocycles. The summed E-state index contributed by atoms with van der Waals surface area (Å²) in [5, 5.41) is 12.6. The lowest BCUT2D eigenvalue weighted by Crippen LogP contribution is -2.44. The van der Waals surface area contributed by atoms with Crippen LogP contribution in [0.3, 0.4) is 0 Å². The van der Waals surface area contributed by atoms with Crippen LogP contribution in [0.5, 0.6) is 0 Å². The van der Waals surface area contributed by atoms with E-state index in [9.17, 15) is 5.11 Å². The van der Waals surface area contributed by atoms with Crippen LogP contribution >= 0.6 is 0 Å². The van der Waals surface area contributed by atoms with Gasteiger partial charge in [-0.25, -0.2) is 0 Å². The van der Waals surface area contributed by atoms with Crippen molar-refractivity contribution in [1.82, 2.24) is 5.32 Å². The Hall–Kier alpha value is -0.120. The summed E-state index contributed by atoms with van der Waals surface area (Å²) in [5.41, 5.74) is 0. The minimum Gasteiger partial charge on any atom is -0.389 e. The first-order valence-corrected chi connectivity index (χ1v) is 4.62. The monoisotopic (exact) mass is 173 g/mol. The van der Waals surface area contributed by atoms with Gasteiger partial charge in [0.15, 0.2) is 0 Å². The fraction of sp³-hybridized carbons (Fsp3) is 1.00. The molecule has 1 saturated carbocycles. The topological polar surface area (TPSA) is 41.5 Å². The van der Waals surface area contributed by atoms with Gasteiger partial charge in [-0.1, -0.05) is 6.92 Å². The Morgan fingerprint density at radius 1 is 1.58 bits per heavy atom. The van der Waals surface area contributed by atoms with Crippen molar-refractivity contribution in [2.24, 2.45) is 5.92 Å². The number of nitrogens with one attached hydrogen (secondary N) is 1. The van der Waals surface area contributed by atoms with Gasteiger partial charge in [0.2, 0.25) is 0 Å². The number of rotatable bonds is 5. The molecular weight excluding hydrogens is 154 g/mol. The molecule has 0 aromatic carbocycles. The second-order valence-electron chi connectivity index (χ2n) is 3.79. The smallest absolute Gasteiger partial charge is 0.0897 e. The van der Waals surface area contributed by atoms with Gasteiger partial charge in [0.05, 0.1) is 12.7 Å². The van der Waals surface area contributed by atoms with Crippen molar-refractivity contribution in [2.45, 2.75) is 31.9 Å². The zero-order valence-corrected chi connectivity index (χ0v) is 7.92. The molecule has 0 radical (unpaired) electrons.